The molecule has 0 atom stereocenters. The predicted octanol–water partition coefficient (Wildman–Crippen LogP) is 2.48. The van der Waals surface area contributed by atoms with Crippen LogP contribution in [-0.4, -0.2) is 55.0 Å². The zero-order valence-electron chi connectivity index (χ0n) is 14.4. The van der Waals surface area contributed by atoms with Gasteiger partial charge >= 0.3 is 6.03 Å². The highest BCUT2D eigenvalue weighted by molar-refractivity contribution is 7.89. The zero-order chi connectivity index (χ0) is 18.9. The van der Waals surface area contributed by atoms with Crippen LogP contribution < -0.4 is 5.32 Å². The van der Waals surface area contributed by atoms with E-state index in [1.807, 2.05) is 0 Å². The van der Waals surface area contributed by atoms with Crippen molar-refractivity contribution in [2.45, 2.75) is 18.7 Å². The highest BCUT2D eigenvalue weighted by atomic mass is 35.5. The first-order chi connectivity index (χ1) is 12.3. The fourth-order valence-electron chi connectivity index (χ4n) is 2.87. The van der Waals surface area contributed by atoms with Crippen LogP contribution in [0.3, 0.4) is 0 Å². The van der Waals surface area contributed by atoms with Crippen molar-refractivity contribution >= 4 is 33.3 Å². The Morgan fingerprint density at radius 3 is 2.50 bits per heavy atom. The van der Waals surface area contributed by atoms with Crippen LogP contribution in [0, 0.1) is 13.8 Å². The molecule has 0 saturated carbocycles. The number of hydrogen-bond acceptors (Lipinski definition) is 5. The molecule has 8 nitrogen and oxygen atoms in total. The molecule has 26 heavy (non-hydrogen) atoms. The lowest BCUT2D eigenvalue weighted by atomic mass is 10.3. The van der Waals surface area contributed by atoms with Gasteiger partial charge in [-0.15, -0.1) is 0 Å². The lowest BCUT2D eigenvalue weighted by Gasteiger charge is -2.33. The summed E-state index contributed by atoms with van der Waals surface area (Å²) >= 11 is 5.91. The van der Waals surface area contributed by atoms with Crippen LogP contribution in [-0.2, 0) is 10.0 Å². The Morgan fingerprint density at radius 2 is 1.92 bits per heavy atom. The van der Waals surface area contributed by atoms with Gasteiger partial charge in [0.05, 0.1) is 0 Å². The number of carbonyl (C=O) groups is 1. The SMILES string of the molecule is Cc1noc(C)c1S(=O)(=O)N1CCN(C(=O)Nc2cccc(Cl)c2)CC1. The molecule has 2 amide bonds. The maximum absolute atomic E-state index is 12.8. The number of halogens is 1. The highest BCUT2D eigenvalue weighted by Crippen LogP contribution is 2.24. The summed E-state index contributed by atoms with van der Waals surface area (Å²) in [5.41, 5.74) is 0.928. The third-order valence-corrected chi connectivity index (χ3v) is 6.55. The van der Waals surface area contributed by atoms with Gasteiger partial charge in [0.15, 0.2) is 5.76 Å². The number of nitrogens with zero attached hydrogens (tertiary/aromatic N) is 3. The van der Waals surface area contributed by atoms with E-state index < -0.39 is 10.0 Å². The minimum Gasteiger partial charge on any atom is -0.360 e. The third-order valence-electron chi connectivity index (χ3n) is 4.17. The summed E-state index contributed by atoms with van der Waals surface area (Å²) in [6.07, 6.45) is 0. The number of piperazine rings is 1. The molecular weight excluding hydrogens is 380 g/mol. The molecule has 1 aliphatic rings. The molecule has 0 unspecified atom stereocenters. The summed E-state index contributed by atoms with van der Waals surface area (Å²) in [5.74, 6) is 0.267. The summed E-state index contributed by atoms with van der Waals surface area (Å²) in [4.78, 5) is 14.0. The molecule has 0 spiro atoms. The molecule has 0 radical (unpaired) electrons. The molecule has 1 aromatic heterocycles. The van der Waals surface area contributed by atoms with Gasteiger partial charge in [0.25, 0.3) is 0 Å². The second-order valence-corrected chi connectivity index (χ2v) is 8.30. The molecule has 1 saturated heterocycles. The van der Waals surface area contributed by atoms with Gasteiger partial charge in [-0.2, -0.15) is 4.31 Å². The van der Waals surface area contributed by atoms with E-state index in [1.165, 1.54) is 4.31 Å². The fraction of sp³-hybridized carbons (Fsp3) is 0.375. The highest BCUT2D eigenvalue weighted by Gasteiger charge is 2.34. The van der Waals surface area contributed by atoms with Crippen molar-refractivity contribution in [3.05, 3.63) is 40.7 Å². The van der Waals surface area contributed by atoms with E-state index in [-0.39, 0.29) is 42.9 Å². The molecule has 0 aliphatic carbocycles. The van der Waals surface area contributed by atoms with E-state index in [2.05, 4.69) is 10.5 Å². The Balaban J connectivity index is 1.65. The van der Waals surface area contributed by atoms with Crippen molar-refractivity contribution in [1.29, 1.82) is 0 Å². The first-order valence-corrected chi connectivity index (χ1v) is 9.85. The average molecular weight is 399 g/mol. The third kappa shape index (κ3) is 3.69. The maximum atomic E-state index is 12.8. The van der Waals surface area contributed by atoms with Crippen LogP contribution >= 0.6 is 11.6 Å². The average Bonchev–Trinajstić information content (AvgIpc) is 2.94. The molecule has 3 rings (SSSR count). The lowest BCUT2D eigenvalue weighted by molar-refractivity contribution is 0.184. The number of nitrogens with one attached hydrogen (secondary N) is 1. The van der Waals surface area contributed by atoms with E-state index in [9.17, 15) is 13.2 Å². The van der Waals surface area contributed by atoms with E-state index in [4.69, 9.17) is 16.1 Å². The lowest BCUT2D eigenvalue weighted by Crippen LogP contribution is -2.51. The van der Waals surface area contributed by atoms with E-state index >= 15 is 0 Å². The van der Waals surface area contributed by atoms with Crippen molar-refractivity contribution in [2.75, 3.05) is 31.5 Å². The number of amides is 2. The van der Waals surface area contributed by atoms with Gasteiger partial charge in [-0.3, -0.25) is 0 Å². The molecule has 10 heteroatoms. The number of urea groups is 1. The molecule has 1 fully saturated rings. The Morgan fingerprint density at radius 1 is 1.23 bits per heavy atom. The molecule has 0 bridgehead atoms. The van der Waals surface area contributed by atoms with Gasteiger partial charge < -0.3 is 14.7 Å². The number of sulfonamides is 1. The Labute approximate surface area is 156 Å². The van der Waals surface area contributed by atoms with Crippen molar-refractivity contribution in [3.8, 4) is 0 Å². The van der Waals surface area contributed by atoms with Gasteiger partial charge in [-0.1, -0.05) is 22.8 Å². The monoisotopic (exact) mass is 398 g/mol. The summed E-state index contributed by atoms with van der Waals surface area (Å²) < 4.78 is 31.9. The van der Waals surface area contributed by atoms with Crippen LogP contribution in [0.5, 0.6) is 0 Å². The Bertz CT molecular complexity index is 901. The minimum atomic E-state index is -3.69. The quantitative estimate of drug-likeness (QED) is 0.856. The number of aryl methyl sites for hydroxylation is 2. The van der Waals surface area contributed by atoms with Crippen molar-refractivity contribution in [2.24, 2.45) is 0 Å². The van der Waals surface area contributed by atoms with Gasteiger partial charge in [0.2, 0.25) is 10.0 Å². The molecule has 140 valence electrons. The number of aromatic nitrogens is 1. The second kappa shape index (κ2) is 7.26. The van der Waals surface area contributed by atoms with E-state index in [0.29, 0.717) is 16.4 Å². The molecule has 1 aromatic carbocycles. The normalized spacial score (nSPS) is 15.9. The largest absolute Gasteiger partial charge is 0.360 e. The summed E-state index contributed by atoms with van der Waals surface area (Å²) in [6, 6.07) is 6.56. The second-order valence-electron chi connectivity index (χ2n) is 5.98. The van der Waals surface area contributed by atoms with Crippen LogP contribution in [0.4, 0.5) is 10.5 Å². The van der Waals surface area contributed by atoms with Crippen molar-refractivity contribution in [1.82, 2.24) is 14.4 Å². The summed E-state index contributed by atoms with van der Waals surface area (Å²) in [7, 11) is -3.69. The molecule has 2 aromatic rings. The smallest absolute Gasteiger partial charge is 0.321 e. The van der Waals surface area contributed by atoms with Crippen molar-refractivity contribution < 1.29 is 17.7 Å². The Kier molecular flexibility index (Phi) is 5.22. The van der Waals surface area contributed by atoms with E-state index in [1.54, 1.807) is 43.0 Å². The number of rotatable bonds is 3. The standard InChI is InChI=1S/C16H19ClN4O4S/c1-11-15(12(2)25-19-11)26(23,24)21-8-6-20(7-9-21)16(22)18-14-5-3-4-13(17)10-14/h3-5,10H,6-9H2,1-2H3,(H,18,22). The van der Waals surface area contributed by atoms with Crippen molar-refractivity contribution in [3.63, 3.8) is 0 Å². The van der Waals surface area contributed by atoms with Crippen LogP contribution in [0.15, 0.2) is 33.7 Å². The predicted molar refractivity (Wildman–Crippen MR) is 96.8 cm³/mol. The van der Waals surface area contributed by atoms with Crippen LogP contribution in [0.1, 0.15) is 11.5 Å². The molecule has 1 N–H and O–H groups in total. The first kappa shape index (κ1) is 18.7. The van der Waals surface area contributed by atoms with Gasteiger partial charge in [-0.05, 0) is 32.0 Å². The fourth-order valence-corrected chi connectivity index (χ4v) is 4.78. The Hall–Kier alpha value is -2.10. The van der Waals surface area contributed by atoms with Gasteiger partial charge in [-0.25, -0.2) is 13.2 Å². The number of anilines is 1. The van der Waals surface area contributed by atoms with Crippen LogP contribution in [0.25, 0.3) is 0 Å². The summed E-state index contributed by atoms with van der Waals surface area (Å²) in [6.45, 7) is 4.15. The first-order valence-electron chi connectivity index (χ1n) is 8.03. The molecule has 2 heterocycles. The topological polar surface area (TPSA) is 95.8 Å². The number of carbonyl (C=O) groups excluding carboxylic acids is 1. The maximum Gasteiger partial charge on any atom is 0.321 e. The van der Waals surface area contributed by atoms with Crippen LogP contribution in [0.2, 0.25) is 5.02 Å². The van der Waals surface area contributed by atoms with E-state index in [0.717, 1.165) is 0 Å². The zero-order valence-corrected chi connectivity index (χ0v) is 16.0. The summed E-state index contributed by atoms with van der Waals surface area (Å²) in [5, 5.41) is 7.00. The number of hydrogen-bond donors (Lipinski definition) is 1. The molecular formula is C16H19ClN4O4S. The minimum absolute atomic E-state index is 0.106. The van der Waals surface area contributed by atoms with Gasteiger partial charge in [0, 0.05) is 36.9 Å². The van der Waals surface area contributed by atoms with Gasteiger partial charge in [0.1, 0.15) is 10.6 Å². The number of benzene rings is 1. The molecule has 1 aliphatic heterocycles.